The van der Waals surface area contributed by atoms with E-state index in [1.54, 1.807) is 50.4 Å². The fraction of sp³-hybridized carbons (Fsp3) is 0.286. The lowest BCUT2D eigenvalue weighted by atomic mass is 10.1. The van der Waals surface area contributed by atoms with Gasteiger partial charge in [-0.15, -0.1) is 0 Å². The van der Waals surface area contributed by atoms with Gasteiger partial charge in [0.2, 0.25) is 0 Å². The first-order valence-electron chi connectivity index (χ1n) is 6.65. The predicted molar refractivity (Wildman–Crippen MR) is 85.3 cm³/mol. The molecule has 0 aliphatic heterocycles. The number of carboxylic acid groups (broad SMARTS) is 1. The Hall–Kier alpha value is -1.62. The van der Waals surface area contributed by atoms with Gasteiger partial charge in [0, 0.05) is 11.6 Å². The van der Waals surface area contributed by atoms with Crippen molar-refractivity contribution in [2.75, 3.05) is 0 Å². The maximum absolute atomic E-state index is 11.8. The van der Waals surface area contributed by atoms with Gasteiger partial charge in [-0.2, -0.15) is 0 Å². The van der Waals surface area contributed by atoms with E-state index in [-0.39, 0.29) is 5.92 Å². The van der Waals surface area contributed by atoms with Crippen molar-refractivity contribution in [3.63, 3.8) is 0 Å². The number of nitrogens with zero attached hydrogens (tertiary/aromatic N) is 2. The van der Waals surface area contributed by atoms with E-state index in [0.717, 1.165) is 4.83 Å². The van der Waals surface area contributed by atoms with Crippen molar-refractivity contribution in [1.82, 2.24) is 9.82 Å². The van der Waals surface area contributed by atoms with E-state index in [1.165, 1.54) is 0 Å². The van der Waals surface area contributed by atoms with Gasteiger partial charge in [0.25, 0.3) is 7.30 Å². The molecule has 118 valence electrons. The molecule has 0 radical (unpaired) electrons. The highest BCUT2D eigenvalue weighted by Crippen LogP contribution is 2.38. The number of hydrogen-bond donors (Lipinski definition) is 1. The molecule has 0 aliphatic carbocycles. The minimum absolute atomic E-state index is 0.335. The first-order valence-corrected chi connectivity index (χ1v) is 9.01. The van der Waals surface area contributed by atoms with Crippen LogP contribution in [0.2, 0.25) is 0 Å². The molecule has 0 amide bonds. The number of aliphatic carboxylic acids is 1. The van der Waals surface area contributed by atoms with Gasteiger partial charge in [0.1, 0.15) is 0 Å². The quantitative estimate of drug-likeness (QED) is 0.638. The predicted octanol–water partition coefficient (Wildman–Crippen LogP) is 3.57. The van der Waals surface area contributed by atoms with Crippen LogP contribution in [0.4, 0.5) is 0 Å². The van der Waals surface area contributed by atoms with Crippen LogP contribution in [0.15, 0.2) is 36.5 Å². The van der Waals surface area contributed by atoms with E-state index in [1.807, 2.05) is 0 Å². The third kappa shape index (κ3) is 3.58. The number of benzene rings is 1. The third-order valence-electron chi connectivity index (χ3n) is 3.11. The highest BCUT2D eigenvalue weighted by atomic mass is 35.7. The molecule has 8 heteroatoms. The zero-order valence-corrected chi connectivity index (χ0v) is 13.8. The number of halogens is 1. The number of aromatic nitrogens is 1. The van der Waals surface area contributed by atoms with Crippen LogP contribution in [0, 0.1) is 5.92 Å². The van der Waals surface area contributed by atoms with Gasteiger partial charge in [-0.1, -0.05) is 24.7 Å². The average Bonchev–Trinajstić information content (AvgIpc) is 2.46. The topological polar surface area (TPSA) is 79.7 Å². The molecular formula is C14H16ClN2O4P. The Labute approximate surface area is 133 Å². The summed E-state index contributed by atoms with van der Waals surface area (Å²) >= 11 is 5.70. The molecule has 1 N–H and O–H groups in total. The number of hydrogen-bond acceptors (Lipinski definition) is 4. The molecule has 0 saturated heterocycles. The molecule has 0 bridgehead atoms. The minimum atomic E-state index is -2.89. The first kappa shape index (κ1) is 16.7. The summed E-state index contributed by atoms with van der Waals surface area (Å²) in [5.41, 5.74) is 0.686. The molecule has 2 unspecified atom stereocenters. The zero-order chi connectivity index (χ0) is 16.3. The van der Waals surface area contributed by atoms with Crippen molar-refractivity contribution in [3.8, 4) is 5.75 Å². The molecule has 0 aliphatic rings. The summed E-state index contributed by atoms with van der Waals surface area (Å²) in [6.07, 6.45) is 1.64. The second kappa shape index (κ2) is 7.09. The molecule has 0 fully saturated rings. The van der Waals surface area contributed by atoms with E-state index in [9.17, 15) is 14.5 Å². The van der Waals surface area contributed by atoms with Crippen molar-refractivity contribution in [2.45, 2.75) is 19.9 Å². The molecule has 2 atom stereocenters. The largest absolute Gasteiger partial charge is 0.480 e. The van der Waals surface area contributed by atoms with Gasteiger partial charge in [-0.25, -0.2) is 0 Å². The Morgan fingerprint density at radius 1 is 1.36 bits per heavy atom. The van der Waals surface area contributed by atoms with Crippen molar-refractivity contribution >= 4 is 35.4 Å². The molecule has 0 spiro atoms. The Morgan fingerprint density at radius 2 is 2.09 bits per heavy atom. The molecule has 1 heterocycles. The van der Waals surface area contributed by atoms with Gasteiger partial charge >= 0.3 is 5.97 Å². The van der Waals surface area contributed by atoms with Gasteiger partial charge in [0.05, 0.1) is 5.52 Å². The maximum atomic E-state index is 11.8. The summed E-state index contributed by atoms with van der Waals surface area (Å²) in [6, 6.07) is 7.58. The number of carbonyl (C=O) groups is 1. The van der Waals surface area contributed by atoms with Crippen LogP contribution in [-0.4, -0.2) is 26.9 Å². The Morgan fingerprint density at radius 3 is 2.68 bits per heavy atom. The second-order valence-corrected chi connectivity index (χ2v) is 6.94. The fourth-order valence-corrected chi connectivity index (χ4v) is 3.34. The van der Waals surface area contributed by atoms with E-state index in [2.05, 4.69) is 4.98 Å². The number of rotatable bonds is 6. The third-order valence-corrected chi connectivity index (χ3v) is 4.33. The van der Waals surface area contributed by atoms with Gasteiger partial charge in [-0.05, 0) is 41.4 Å². The highest BCUT2D eigenvalue weighted by molar-refractivity contribution is 7.71. The molecule has 0 saturated carbocycles. The van der Waals surface area contributed by atoms with Crippen molar-refractivity contribution in [2.24, 2.45) is 5.92 Å². The first-order chi connectivity index (χ1) is 10.4. The summed E-state index contributed by atoms with van der Waals surface area (Å²) in [5.74, 6) is -1.12. The monoisotopic (exact) mass is 342 g/mol. The summed E-state index contributed by atoms with van der Waals surface area (Å²) in [5, 5.41) is 10.0. The van der Waals surface area contributed by atoms with E-state index in [0.29, 0.717) is 16.7 Å². The van der Waals surface area contributed by atoms with Crippen LogP contribution in [0.25, 0.3) is 10.9 Å². The lowest BCUT2D eigenvalue weighted by Gasteiger charge is -2.28. The van der Waals surface area contributed by atoms with Gasteiger partial charge in [-0.3, -0.25) is 14.3 Å². The Bertz CT molecular complexity index is 705. The van der Waals surface area contributed by atoms with Crippen LogP contribution in [0.5, 0.6) is 5.75 Å². The van der Waals surface area contributed by atoms with Crippen LogP contribution >= 0.6 is 18.5 Å². The molecule has 22 heavy (non-hydrogen) atoms. The number of pyridine rings is 1. The van der Waals surface area contributed by atoms with Crippen LogP contribution < -0.4 is 4.84 Å². The van der Waals surface area contributed by atoms with E-state index in [4.69, 9.17) is 16.1 Å². The maximum Gasteiger partial charge on any atom is 0.325 e. The van der Waals surface area contributed by atoms with Gasteiger partial charge < -0.3 is 9.94 Å². The Balaban J connectivity index is 2.42. The summed E-state index contributed by atoms with van der Waals surface area (Å²) in [4.78, 5) is 22.1. The molecule has 2 rings (SSSR count). The molecule has 2 aromatic rings. The van der Waals surface area contributed by atoms with E-state index < -0.39 is 19.3 Å². The number of hydroxylamine groups is 1. The zero-order valence-electron chi connectivity index (χ0n) is 12.1. The van der Waals surface area contributed by atoms with Crippen LogP contribution in [-0.2, 0) is 9.36 Å². The van der Waals surface area contributed by atoms with Crippen molar-refractivity contribution in [1.29, 1.82) is 0 Å². The summed E-state index contributed by atoms with van der Waals surface area (Å²) < 4.78 is 11.8. The molecule has 1 aromatic heterocycles. The lowest BCUT2D eigenvalue weighted by molar-refractivity contribution is -0.151. The molecular weight excluding hydrogens is 327 g/mol. The second-order valence-electron chi connectivity index (χ2n) is 5.02. The average molecular weight is 343 g/mol. The molecule has 6 nitrogen and oxygen atoms in total. The minimum Gasteiger partial charge on any atom is -0.480 e. The highest BCUT2D eigenvalue weighted by Gasteiger charge is 2.34. The van der Waals surface area contributed by atoms with Gasteiger partial charge in [0.15, 0.2) is 11.8 Å². The number of fused-ring (bicyclic) bond motifs is 1. The normalized spacial score (nSPS) is 14.2. The van der Waals surface area contributed by atoms with Crippen molar-refractivity contribution < 1.29 is 19.3 Å². The van der Waals surface area contributed by atoms with E-state index >= 15 is 0 Å². The summed E-state index contributed by atoms with van der Waals surface area (Å²) in [6.45, 7) is 3.39. The smallest absolute Gasteiger partial charge is 0.325 e. The SMILES string of the molecule is CC(C)C(C(=O)O)N(Oc1cccc2ncccc12)[PH](=O)Cl. The van der Waals surface area contributed by atoms with Crippen LogP contribution in [0.1, 0.15) is 13.8 Å². The van der Waals surface area contributed by atoms with Crippen LogP contribution in [0.3, 0.4) is 0 Å². The summed E-state index contributed by atoms with van der Waals surface area (Å²) in [7, 11) is -2.89. The lowest BCUT2D eigenvalue weighted by Crippen LogP contribution is -2.42. The Kier molecular flexibility index (Phi) is 5.40. The number of carboxylic acids is 1. The van der Waals surface area contributed by atoms with Crippen molar-refractivity contribution in [3.05, 3.63) is 36.5 Å². The molecule has 1 aromatic carbocycles. The standard InChI is InChI=1S/C14H16ClN2O4P/c1-9(2)13(14(18)19)17(22(15)20)21-12-7-3-6-11-10(12)5-4-8-16-11/h3-9,13,22H,1-2H3,(H,18,19). The fourth-order valence-electron chi connectivity index (χ4n) is 2.12.